The molecule has 0 heteroatoms. The molecule has 0 aromatic heterocycles. The van der Waals surface area contributed by atoms with E-state index in [1.807, 2.05) is 0 Å². The van der Waals surface area contributed by atoms with Crippen LogP contribution in [-0.2, 0) is 0 Å². The lowest BCUT2D eigenvalue weighted by molar-refractivity contribution is 0.407. The quantitative estimate of drug-likeness (QED) is 0.280. The Hall–Kier alpha value is -0.520. The van der Waals surface area contributed by atoms with E-state index in [9.17, 15) is 0 Å². The van der Waals surface area contributed by atoms with Crippen LogP contribution in [0.5, 0.6) is 0 Å². The van der Waals surface area contributed by atoms with Gasteiger partial charge in [0.05, 0.1) is 0 Å². The van der Waals surface area contributed by atoms with E-state index in [0.717, 1.165) is 5.92 Å². The highest BCUT2D eigenvalue weighted by Gasteiger charge is 2.44. The van der Waals surface area contributed by atoms with Crippen molar-refractivity contribution in [1.82, 2.24) is 0 Å². The summed E-state index contributed by atoms with van der Waals surface area (Å²) in [6.45, 7) is 9.24. The lowest BCUT2D eigenvalue weighted by Crippen LogP contribution is -2.07. The Morgan fingerprint density at radius 3 is 2.40 bits per heavy atom. The predicted octanol–water partition coefficient (Wildman–Crippen LogP) is 7.07. The van der Waals surface area contributed by atoms with Crippen molar-refractivity contribution in [3.05, 3.63) is 23.8 Å². The lowest BCUT2D eigenvalue weighted by atomic mass is 9.85. The Balaban J connectivity index is 2.38. The van der Waals surface area contributed by atoms with Gasteiger partial charge >= 0.3 is 0 Å². The van der Waals surface area contributed by atoms with E-state index in [1.54, 1.807) is 5.57 Å². The number of hydrogen-bond acceptors (Lipinski definition) is 0. The molecule has 0 aromatic carbocycles. The average molecular weight is 277 g/mol. The van der Waals surface area contributed by atoms with Gasteiger partial charge in [-0.2, -0.15) is 0 Å². The zero-order valence-corrected chi connectivity index (χ0v) is 14.4. The third kappa shape index (κ3) is 5.85. The molecule has 0 spiro atoms. The molecule has 0 aromatic rings. The first-order valence-corrected chi connectivity index (χ1v) is 8.99. The SMILES string of the molecule is CC=C(CC=CCCCC)C1(CCC(C)CCC)CC1. The van der Waals surface area contributed by atoms with Crippen molar-refractivity contribution >= 4 is 0 Å². The van der Waals surface area contributed by atoms with Crippen LogP contribution in [-0.4, -0.2) is 0 Å². The van der Waals surface area contributed by atoms with Crippen molar-refractivity contribution in [2.24, 2.45) is 11.3 Å². The van der Waals surface area contributed by atoms with Gasteiger partial charge in [-0.15, -0.1) is 0 Å². The molecule has 1 rings (SSSR count). The smallest absolute Gasteiger partial charge is 0.00844 e. The normalized spacial score (nSPS) is 19.5. The van der Waals surface area contributed by atoms with Gasteiger partial charge in [0, 0.05) is 0 Å². The van der Waals surface area contributed by atoms with Crippen LogP contribution in [0, 0.1) is 11.3 Å². The number of allylic oxidation sites excluding steroid dienone is 4. The summed E-state index contributed by atoms with van der Waals surface area (Å²) < 4.78 is 0. The molecule has 1 aliphatic rings. The maximum atomic E-state index is 2.43. The fourth-order valence-corrected chi connectivity index (χ4v) is 3.33. The summed E-state index contributed by atoms with van der Waals surface area (Å²) in [7, 11) is 0. The summed E-state index contributed by atoms with van der Waals surface area (Å²) in [6.07, 6.45) is 20.8. The fourth-order valence-electron chi connectivity index (χ4n) is 3.33. The van der Waals surface area contributed by atoms with Gasteiger partial charge in [0.15, 0.2) is 0 Å². The van der Waals surface area contributed by atoms with E-state index in [2.05, 4.69) is 45.9 Å². The maximum Gasteiger partial charge on any atom is -0.00844 e. The molecule has 0 N–H and O–H groups in total. The largest absolute Gasteiger partial charge is 0.0882 e. The van der Waals surface area contributed by atoms with Crippen molar-refractivity contribution in [3.8, 4) is 0 Å². The first-order chi connectivity index (χ1) is 9.68. The van der Waals surface area contributed by atoms with Crippen molar-refractivity contribution in [1.29, 1.82) is 0 Å². The van der Waals surface area contributed by atoms with Crippen LogP contribution in [0.1, 0.15) is 91.9 Å². The Labute approximate surface area is 127 Å². The highest BCUT2D eigenvalue weighted by molar-refractivity contribution is 5.23. The van der Waals surface area contributed by atoms with Gasteiger partial charge in [-0.05, 0) is 56.8 Å². The minimum absolute atomic E-state index is 0.603. The number of rotatable bonds is 11. The molecule has 0 radical (unpaired) electrons. The van der Waals surface area contributed by atoms with E-state index in [-0.39, 0.29) is 0 Å². The second kappa shape index (κ2) is 9.42. The Kier molecular flexibility index (Phi) is 8.26. The topological polar surface area (TPSA) is 0 Å². The van der Waals surface area contributed by atoms with E-state index in [1.165, 1.54) is 64.2 Å². The highest BCUT2D eigenvalue weighted by Crippen LogP contribution is 2.57. The zero-order chi connectivity index (χ0) is 14.8. The summed E-state index contributed by atoms with van der Waals surface area (Å²) in [5, 5.41) is 0. The molecular weight excluding hydrogens is 240 g/mol. The van der Waals surface area contributed by atoms with E-state index >= 15 is 0 Å². The summed E-state index contributed by atoms with van der Waals surface area (Å²) in [5.41, 5.74) is 2.32. The predicted molar refractivity (Wildman–Crippen MR) is 92.0 cm³/mol. The summed E-state index contributed by atoms with van der Waals surface area (Å²) in [5.74, 6) is 0.913. The molecule has 0 heterocycles. The first-order valence-electron chi connectivity index (χ1n) is 8.99. The summed E-state index contributed by atoms with van der Waals surface area (Å²) in [4.78, 5) is 0. The molecule has 0 nitrogen and oxygen atoms in total. The second-order valence-corrected chi connectivity index (χ2v) is 6.84. The minimum atomic E-state index is 0.603. The van der Waals surface area contributed by atoms with E-state index in [0.29, 0.717) is 5.41 Å². The van der Waals surface area contributed by atoms with Gasteiger partial charge < -0.3 is 0 Å². The number of unbranched alkanes of at least 4 members (excludes halogenated alkanes) is 2. The maximum absolute atomic E-state index is 2.43. The van der Waals surface area contributed by atoms with E-state index < -0.39 is 0 Å². The second-order valence-electron chi connectivity index (χ2n) is 6.84. The van der Waals surface area contributed by atoms with Gasteiger partial charge in [0.1, 0.15) is 0 Å². The average Bonchev–Trinajstić information content (AvgIpc) is 3.22. The highest BCUT2D eigenvalue weighted by atomic mass is 14.5. The Morgan fingerprint density at radius 2 is 1.85 bits per heavy atom. The molecule has 1 fully saturated rings. The van der Waals surface area contributed by atoms with Gasteiger partial charge in [0.25, 0.3) is 0 Å². The minimum Gasteiger partial charge on any atom is -0.0882 e. The standard InChI is InChI=1S/C20H36/c1-5-8-9-10-11-13-19(7-3)20(16-17-20)15-14-18(4)12-6-2/h7,10-11,18H,5-6,8-9,12-17H2,1-4H3. The molecule has 0 bridgehead atoms. The van der Waals surface area contributed by atoms with E-state index in [4.69, 9.17) is 0 Å². The zero-order valence-electron chi connectivity index (χ0n) is 14.4. The van der Waals surface area contributed by atoms with Crippen LogP contribution in [0.2, 0.25) is 0 Å². The molecule has 1 saturated carbocycles. The van der Waals surface area contributed by atoms with Crippen molar-refractivity contribution in [2.75, 3.05) is 0 Å². The Morgan fingerprint density at radius 1 is 1.10 bits per heavy atom. The first kappa shape index (κ1) is 17.5. The molecule has 0 aliphatic heterocycles. The van der Waals surface area contributed by atoms with Crippen LogP contribution in [0.15, 0.2) is 23.8 Å². The van der Waals surface area contributed by atoms with Gasteiger partial charge in [-0.1, -0.05) is 70.3 Å². The summed E-state index contributed by atoms with van der Waals surface area (Å²) in [6, 6.07) is 0. The van der Waals surface area contributed by atoms with Gasteiger partial charge in [-0.3, -0.25) is 0 Å². The van der Waals surface area contributed by atoms with Crippen LogP contribution in [0.4, 0.5) is 0 Å². The molecule has 0 saturated heterocycles. The number of hydrogen-bond donors (Lipinski definition) is 0. The molecular formula is C20H36. The van der Waals surface area contributed by atoms with Crippen LogP contribution in [0.25, 0.3) is 0 Å². The third-order valence-electron chi connectivity index (χ3n) is 5.01. The molecule has 20 heavy (non-hydrogen) atoms. The third-order valence-corrected chi connectivity index (χ3v) is 5.01. The molecule has 1 unspecified atom stereocenters. The summed E-state index contributed by atoms with van der Waals surface area (Å²) >= 11 is 0. The fraction of sp³-hybridized carbons (Fsp3) is 0.800. The molecule has 1 atom stereocenters. The van der Waals surface area contributed by atoms with Crippen LogP contribution in [0.3, 0.4) is 0 Å². The van der Waals surface area contributed by atoms with Crippen molar-refractivity contribution in [2.45, 2.75) is 91.9 Å². The monoisotopic (exact) mass is 276 g/mol. The van der Waals surface area contributed by atoms with Crippen molar-refractivity contribution < 1.29 is 0 Å². The molecule has 0 amide bonds. The van der Waals surface area contributed by atoms with Gasteiger partial charge in [0.2, 0.25) is 0 Å². The molecule has 1 aliphatic carbocycles. The van der Waals surface area contributed by atoms with Crippen molar-refractivity contribution in [3.63, 3.8) is 0 Å². The van der Waals surface area contributed by atoms with Gasteiger partial charge in [-0.25, -0.2) is 0 Å². The van der Waals surface area contributed by atoms with Crippen LogP contribution < -0.4 is 0 Å². The Bertz CT molecular complexity index is 304. The molecule has 116 valence electrons. The van der Waals surface area contributed by atoms with Crippen LogP contribution >= 0.6 is 0 Å². The lowest BCUT2D eigenvalue weighted by Gasteiger charge is -2.20.